The van der Waals surface area contributed by atoms with Crippen molar-refractivity contribution in [3.05, 3.63) is 22.2 Å². The van der Waals surface area contributed by atoms with E-state index < -0.39 is 26.0 Å². The number of aliphatic hydroxyl groups is 1. The third-order valence-corrected chi connectivity index (χ3v) is 7.82. The van der Waals surface area contributed by atoms with Crippen LogP contribution in [0.15, 0.2) is 22.2 Å². The zero-order valence-electron chi connectivity index (χ0n) is 10.8. The van der Waals surface area contributed by atoms with E-state index in [4.69, 9.17) is 74.7 Å². The van der Waals surface area contributed by atoms with E-state index in [-0.39, 0.29) is 22.2 Å². The molecule has 1 saturated carbocycles. The normalized spacial score (nSPS) is 36.3. The Morgan fingerprint density at radius 3 is 1.95 bits per heavy atom. The molecular weight excluding hydrogens is 405 g/mol. The summed E-state index contributed by atoms with van der Waals surface area (Å²) in [7, 11) is 0. The van der Waals surface area contributed by atoms with Gasteiger partial charge in [0.25, 0.3) is 0 Å². The maximum Gasteiger partial charge on any atom is 0.330 e. The van der Waals surface area contributed by atoms with Crippen molar-refractivity contribution < 1.29 is 15.0 Å². The maximum atomic E-state index is 9.60. The number of aliphatic carboxylic acids is 1. The molecule has 0 aromatic carbocycles. The topological polar surface area (TPSA) is 57.5 Å². The number of hydrogen-bond acceptors (Lipinski definition) is 2. The summed E-state index contributed by atoms with van der Waals surface area (Å²) in [6.45, 7) is 4.41. The van der Waals surface area contributed by atoms with E-state index in [0.29, 0.717) is 6.42 Å². The van der Waals surface area contributed by atoms with Crippen LogP contribution in [0.4, 0.5) is 0 Å². The molecule has 0 radical (unpaired) electrons. The Hall–Kier alpha value is 0.650. The van der Waals surface area contributed by atoms with Crippen LogP contribution in [-0.4, -0.2) is 36.9 Å². The minimum Gasteiger partial charge on any atom is -0.478 e. The van der Waals surface area contributed by atoms with Crippen molar-refractivity contribution in [1.82, 2.24) is 0 Å². The highest BCUT2D eigenvalue weighted by atomic mass is 35.5. The number of rotatable bonds is 2. The maximum absolute atomic E-state index is 9.60. The van der Waals surface area contributed by atoms with Gasteiger partial charge in [-0.1, -0.05) is 53.0 Å². The van der Waals surface area contributed by atoms with Crippen molar-refractivity contribution in [2.75, 3.05) is 6.61 Å². The summed E-state index contributed by atoms with van der Waals surface area (Å²) in [6.07, 6.45) is 0.302. The second kappa shape index (κ2) is 6.27. The molecule has 2 aliphatic carbocycles. The van der Waals surface area contributed by atoms with E-state index in [1.807, 2.05) is 0 Å². The molecule has 2 aliphatic rings. The van der Waals surface area contributed by atoms with Gasteiger partial charge in [0.1, 0.15) is 9.75 Å². The fourth-order valence-electron chi connectivity index (χ4n) is 2.22. The molecule has 1 fully saturated rings. The molecule has 21 heavy (non-hydrogen) atoms. The van der Waals surface area contributed by atoms with E-state index >= 15 is 0 Å². The van der Waals surface area contributed by atoms with E-state index in [1.165, 1.54) is 6.92 Å². The lowest BCUT2D eigenvalue weighted by Crippen LogP contribution is -2.44. The summed E-state index contributed by atoms with van der Waals surface area (Å²) in [4.78, 5) is 7.09. The van der Waals surface area contributed by atoms with Crippen LogP contribution < -0.4 is 0 Å². The van der Waals surface area contributed by atoms with Gasteiger partial charge >= 0.3 is 5.97 Å². The van der Waals surface area contributed by atoms with Gasteiger partial charge in [-0.2, -0.15) is 0 Å². The van der Waals surface area contributed by atoms with Gasteiger partial charge in [0.05, 0.1) is 10.1 Å². The van der Waals surface area contributed by atoms with Gasteiger partial charge in [0, 0.05) is 18.1 Å². The molecule has 0 aliphatic heterocycles. The summed E-state index contributed by atoms with van der Waals surface area (Å²) in [5.41, 5.74) is 0.176. The van der Waals surface area contributed by atoms with Crippen LogP contribution in [0.5, 0.6) is 0 Å². The first kappa shape index (κ1) is 19.7. The average molecular weight is 417 g/mol. The third kappa shape index (κ3) is 2.69. The molecule has 9 heteroatoms. The number of hydrogen-bond donors (Lipinski definition) is 2. The first-order valence-electron chi connectivity index (χ1n) is 5.69. The SMILES string of the molecule is C=C(C)C(=O)O.OCC1CC2(Cl)C(Cl)=C(Cl)C1(Cl)C2(Cl)Cl. The fraction of sp³-hybridized carbons (Fsp3) is 0.583. The van der Waals surface area contributed by atoms with Gasteiger partial charge in [-0.25, -0.2) is 4.79 Å². The quantitative estimate of drug-likeness (QED) is 0.515. The van der Waals surface area contributed by atoms with Gasteiger partial charge in [0.2, 0.25) is 0 Å². The number of carbonyl (C=O) groups is 1. The van der Waals surface area contributed by atoms with Gasteiger partial charge in [-0.15, -0.1) is 23.2 Å². The van der Waals surface area contributed by atoms with Crippen LogP contribution in [0.3, 0.4) is 0 Å². The molecule has 3 unspecified atom stereocenters. The summed E-state index contributed by atoms with van der Waals surface area (Å²) in [6, 6.07) is 0. The minimum atomic E-state index is -1.51. The van der Waals surface area contributed by atoms with Gasteiger partial charge in [-0.3, -0.25) is 0 Å². The lowest BCUT2D eigenvalue weighted by molar-refractivity contribution is -0.132. The van der Waals surface area contributed by atoms with E-state index in [9.17, 15) is 9.90 Å². The summed E-state index contributed by atoms with van der Waals surface area (Å²) in [5.74, 6) is -1.34. The Bertz CT molecular complexity index is 505. The minimum absolute atomic E-state index is 0.135. The highest BCUT2D eigenvalue weighted by Gasteiger charge is 2.78. The predicted octanol–water partition coefficient (Wildman–Crippen LogP) is 4.48. The number of aliphatic hydroxyl groups excluding tert-OH is 1. The zero-order chi connectivity index (χ0) is 16.8. The van der Waals surface area contributed by atoms with E-state index in [2.05, 4.69) is 6.58 Å². The molecule has 2 rings (SSSR count). The lowest BCUT2D eigenvalue weighted by Gasteiger charge is -2.33. The van der Waals surface area contributed by atoms with Crippen LogP contribution in [-0.2, 0) is 4.79 Å². The highest BCUT2D eigenvalue weighted by molar-refractivity contribution is 6.65. The first-order chi connectivity index (χ1) is 9.37. The standard InChI is InChI=1S/C8H6Cl6O.C4H6O2/c9-4-5(10)7(12)3(2-15)1-6(4,11)8(7,13)14;1-3(2)4(5)6/h3,15H,1-2H2;1H2,2H3,(H,5,6). The number of allylic oxidation sites excluding steroid dienone is 2. The molecule has 3 nitrogen and oxygen atoms in total. The molecule has 2 N–H and O–H groups in total. The number of halogens is 6. The Balaban J connectivity index is 0.000000315. The van der Waals surface area contributed by atoms with Crippen LogP contribution in [0.2, 0.25) is 0 Å². The Morgan fingerprint density at radius 2 is 1.71 bits per heavy atom. The fourth-order valence-corrected chi connectivity index (χ4v) is 5.06. The smallest absolute Gasteiger partial charge is 0.330 e. The molecule has 0 amide bonds. The van der Waals surface area contributed by atoms with Crippen LogP contribution in [0, 0.1) is 5.92 Å². The highest BCUT2D eigenvalue weighted by Crippen LogP contribution is 2.74. The Labute approximate surface area is 152 Å². The molecule has 3 atom stereocenters. The van der Waals surface area contributed by atoms with E-state index in [1.54, 1.807) is 0 Å². The lowest BCUT2D eigenvalue weighted by atomic mass is 9.93. The molecule has 120 valence electrons. The number of carboxylic acids is 1. The second-order valence-electron chi connectivity index (χ2n) is 4.88. The monoisotopic (exact) mass is 414 g/mol. The van der Waals surface area contributed by atoms with Crippen molar-refractivity contribution in [3.8, 4) is 0 Å². The Kier molecular flexibility index (Phi) is 5.88. The Morgan fingerprint density at radius 1 is 1.29 bits per heavy atom. The zero-order valence-corrected chi connectivity index (χ0v) is 15.3. The predicted molar refractivity (Wildman–Crippen MR) is 88.0 cm³/mol. The third-order valence-electron chi connectivity index (χ3n) is 3.49. The van der Waals surface area contributed by atoms with E-state index in [0.717, 1.165) is 0 Å². The summed E-state index contributed by atoms with van der Waals surface area (Å²) >= 11 is 36.9. The van der Waals surface area contributed by atoms with Crippen molar-refractivity contribution in [2.24, 2.45) is 5.92 Å². The summed E-state index contributed by atoms with van der Waals surface area (Å²) in [5, 5.41) is 17.4. The molecule has 0 aromatic rings. The molecular formula is C12H12Cl6O3. The number of carboxylic acid groups (broad SMARTS) is 1. The van der Waals surface area contributed by atoms with Gasteiger partial charge in [0.15, 0.2) is 4.33 Å². The van der Waals surface area contributed by atoms with Crippen LogP contribution in [0.25, 0.3) is 0 Å². The van der Waals surface area contributed by atoms with Crippen molar-refractivity contribution >= 4 is 75.6 Å². The number of alkyl halides is 4. The van der Waals surface area contributed by atoms with Crippen molar-refractivity contribution in [1.29, 1.82) is 0 Å². The van der Waals surface area contributed by atoms with Gasteiger partial charge < -0.3 is 10.2 Å². The van der Waals surface area contributed by atoms with Gasteiger partial charge in [-0.05, 0) is 13.3 Å². The van der Waals surface area contributed by atoms with Crippen LogP contribution >= 0.6 is 69.6 Å². The second-order valence-corrected chi connectivity index (χ2v) is 8.21. The summed E-state index contributed by atoms with van der Waals surface area (Å²) < 4.78 is -1.51. The molecule has 0 spiro atoms. The number of fused-ring (bicyclic) bond motifs is 2. The van der Waals surface area contributed by atoms with Crippen LogP contribution in [0.1, 0.15) is 13.3 Å². The molecule has 0 heterocycles. The molecule has 0 saturated heterocycles. The molecule has 0 aromatic heterocycles. The molecule has 2 bridgehead atoms. The average Bonchev–Trinajstić information content (AvgIpc) is 2.61. The van der Waals surface area contributed by atoms with Crippen molar-refractivity contribution in [2.45, 2.75) is 27.4 Å². The van der Waals surface area contributed by atoms with Crippen molar-refractivity contribution in [3.63, 3.8) is 0 Å². The largest absolute Gasteiger partial charge is 0.478 e. The first-order valence-corrected chi connectivity index (χ1v) is 7.96.